The van der Waals surface area contributed by atoms with E-state index in [1.807, 2.05) is 39.8 Å². The Balaban J connectivity index is 2.50. The van der Waals surface area contributed by atoms with Crippen LogP contribution in [-0.2, 0) is 4.74 Å². The molecule has 0 atom stereocenters. The van der Waals surface area contributed by atoms with E-state index in [1.54, 1.807) is 10.6 Å². The number of rotatable bonds is 1. The topological polar surface area (TPSA) is 69.6 Å². The summed E-state index contributed by atoms with van der Waals surface area (Å²) in [5.41, 5.74) is 7.17. The molecule has 2 aromatic heterocycles. The van der Waals surface area contributed by atoms with Gasteiger partial charge in [-0.25, -0.2) is 9.78 Å². The van der Waals surface area contributed by atoms with Crippen LogP contribution in [0.15, 0.2) is 18.3 Å². The molecule has 18 heavy (non-hydrogen) atoms. The zero-order valence-electron chi connectivity index (χ0n) is 11.0. The fourth-order valence-electron chi connectivity index (χ4n) is 1.70. The van der Waals surface area contributed by atoms with Crippen molar-refractivity contribution >= 4 is 17.4 Å². The van der Waals surface area contributed by atoms with Crippen molar-refractivity contribution in [1.29, 1.82) is 0 Å². The van der Waals surface area contributed by atoms with Gasteiger partial charge in [0, 0.05) is 6.20 Å². The first-order valence-electron chi connectivity index (χ1n) is 5.76. The van der Waals surface area contributed by atoms with Crippen molar-refractivity contribution in [3.05, 3.63) is 29.6 Å². The van der Waals surface area contributed by atoms with Gasteiger partial charge in [-0.3, -0.25) is 4.40 Å². The zero-order valence-corrected chi connectivity index (χ0v) is 11.0. The molecular weight excluding hydrogens is 230 g/mol. The molecule has 0 radical (unpaired) electrons. The van der Waals surface area contributed by atoms with E-state index in [0.29, 0.717) is 11.5 Å². The number of aryl methyl sites for hydroxylation is 1. The molecule has 5 heteroatoms. The molecule has 0 amide bonds. The number of nitrogens with zero attached hydrogens (tertiary/aromatic N) is 2. The average Bonchev–Trinajstić information content (AvgIpc) is 2.56. The Kier molecular flexibility index (Phi) is 2.77. The molecule has 0 saturated heterocycles. The van der Waals surface area contributed by atoms with Crippen LogP contribution in [0.5, 0.6) is 0 Å². The number of hydrogen-bond donors (Lipinski definition) is 1. The second kappa shape index (κ2) is 4.01. The fraction of sp³-hybridized carbons (Fsp3) is 0.385. The zero-order chi connectivity index (χ0) is 13.5. The number of carbonyl (C=O) groups excluding carboxylic acids is 1. The van der Waals surface area contributed by atoms with Crippen LogP contribution in [0.2, 0.25) is 0 Å². The van der Waals surface area contributed by atoms with Gasteiger partial charge in [0.05, 0.1) is 0 Å². The van der Waals surface area contributed by atoms with Crippen LogP contribution in [0.4, 0.5) is 5.82 Å². The molecule has 0 saturated carbocycles. The molecule has 0 spiro atoms. The first-order chi connectivity index (χ1) is 8.29. The van der Waals surface area contributed by atoms with E-state index >= 15 is 0 Å². The quantitative estimate of drug-likeness (QED) is 0.784. The number of ether oxygens (including phenoxy) is 1. The number of anilines is 1. The molecule has 96 valence electrons. The average molecular weight is 247 g/mol. The molecular formula is C13H17N3O2. The van der Waals surface area contributed by atoms with Crippen molar-refractivity contribution < 1.29 is 9.53 Å². The van der Waals surface area contributed by atoms with Gasteiger partial charge in [-0.05, 0) is 39.3 Å². The van der Waals surface area contributed by atoms with Gasteiger partial charge in [-0.15, -0.1) is 0 Å². The summed E-state index contributed by atoms with van der Waals surface area (Å²) in [6, 6.07) is 3.78. The normalized spacial score (nSPS) is 11.8. The second-order valence-electron chi connectivity index (χ2n) is 5.23. The Bertz CT molecular complexity index is 608. The van der Waals surface area contributed by atoms with Crippen molar-refractivity contribution in [2.24, 2.45) is 0 Å². The van der Waals surface area contributed by atoms with Gasteiger partial charge in [-0.2, -0.15) is 0 Å². The third-order valence-electron chi connectivity index (χ3n) is 2.47. The largest absolute Gasteiger partial charge is 0.455 e. The highest BCUT2D eigenvalue weighted by Gasteiger charge is 2.23. The highest BCUT2D eigenvalue weighted by atomic mass is 16.6. The van der Waals surface area contributed by atoms with Gasteiger partial charge in [-0.1, -0.05) is 6.07 Å². The van der Waals surface area contributed by atoms with E-state index < -0.39 is 11.6 Å². The van der Waals surface area contributed by atoms with Crippen LogP contribution in [0.25, 0.3) is 5.65 Å². The maximum absolute atomic E-state index is 12.0. The van der Waals surface area contributed by atoms with Crippen LogP contribution >= 0.6 is 0 Å². The molecule has 0 aliphatic rings. The van der Waals surface area contributed by atoms with Crippen LogP contribution in [0, 0.1) is 6.92 Å². The molecule has 0 unspecified atom stereocenters. The lowest BCUT2D eigenvalue weighted by Gasteiger charge is -2.18. The lowest BCUT2D eigenvalue weighted by Crippen LogP contribution is -2.24. The Hall–Kier alpha value is -2.04. The van der Waals surface area contributed by atoms with Crippen LogP contribution in [0.3, 0.4) is 0 Å². The number of esters is 1. The molecule has 0 fully saturated rings. The molecule has 2 N–H and O–H groups in total. The molecule has 2 aromatic rings. The molecule has 2 rings (SSSR count). The Labute approximate surface area is 106 Å². The van der Waals surface area contributed by atoms with E-state index in [-0.39, 0.29) is 5.69 Å². The van der Waals surface area contributed by atoms with Gasteiger partial charge in [0.2, 0.25) is 0 Å². The van der Waals surface area contributed by atoms with E-state index in [9.17, 15) is 4.79 Å². The number of imidazole rings is 1. The second-order valence-corrected chi connectivity index (χ2v) is 5.23. The van der Waals surface area contributed by atoms with Crippen molar-refractivity contribution in [2.75, 3.05) is 5.73 Å². The SMILES string of the molecule is Cc1cccn2c(N)c(C(=O)OC(C)(C)C)nc12. The van der Waals surface area contributed by atoms with Crippen molar-refractivity contribution in [3.8, 4) is 0 Å². The lowest BCUT2D eigenvalue weighted by atomic mass is 10.2. The number of pyridine rings is 1. The van der Waals surface area contributed by atoms with E-state index in [2.05, 4.69) is 4.98 Å². The molecule has 2 heterocycles. The van der Waals surface area contributed by atoms with Crippen molar-refractivity contribution in [1.82, 2.24) is 9.38 Å². The van der Waals surface area contributed by atoms with Gasteiger partial charge < -0.3 is 10.5 Å². The number of aromatic nitrogens is 2. The number of fused-ring (bicyclic) bond motifs is 1. The van der Waals surface area contributed by atoms with Crippen molar-refractivity contribution in [3.63, 3.8) is 0 Å². The lowest BCUT2D eigenvalue weighted by molar-refractivity contribution is 0.00650. The Morgan fingerprint density at radius 2 is 2.11 bits per heavy atom. The standard InChI is InChI=1S/C13H17N3O2/c1-8-6-5-7-16-10(14)9(15-11(8)16)12(17)18-13(2,3)4/h5-7H,14H2,1-4H3. The van der Waals surface area contributed by atoms with Crippen LogP contribution in [-0.4, -0.2) is 21.0 Å². The van der Waals surface area contributed by atoms with Gasteiger partial charge in [0.15, 0.2) is 5.69 Å². The Morgan fingerprint density at radius 3 is 2.67 bits per heavy atom. The van der Waals surface area contributed by atoms with Crippen LogP contribution in [0.1, 0.15) is 36.8 Å². The molecule has 0 aliphatic carbocycles. The third-order valence-corrected chi connectivity index (χ3v) is 2.47. The summed E-state index contributed by atoms with van der Waals surface area (Å²) >= 11 is 0. The number of hydrogen-bond acceptors (Lipinski definition) is 4. The van der Waals surface area contributed by atoms with Crippen molar-refractivity contribution in [2.45, 2.75) is 33.3 Å². The minimum atomic E-state index is -0.561. The fourth-order valence-corrected chi connectivity index (χ4v) is 1.70. The third kappa shape index (κ3) is 2.16. The highest BCUT2D eigenvalue weighted by molar-refractivity contribution is 5.94. The summed E-state index contributed by atoms with van der Waals surface area (Å²) in [6.45, 7) is 7.34. The summed E-state index contributed by atoms with van der Waals surface area (Å²) in [5.74, 6) is -0.189. The molecule has 0 aliphatic heterocycles. The summed E-state index contributed by atoms with van der Waals surface area (Å²) in [7, 11) is 0. The predicted molar refractivity (Wildman–Crippen MR) is 69.5 cm³/mol. The van der Waals surface area contributed by atoms with Gasteiger partial charge in [0.25, 0.3) is 0 Å². The predicted octanol–water partition coefficient (Wildman–Crippen LogP) is 2.18. The first kappa shape index (κ1) is 12.4. The number of nitrogen functional groups attached to an aromatic ring is 1. The monoisotopic (exact) mass is 247 g/mol. The Morgan fingerprint density at radius 1 is 1.44 bits per heavy atom. The maximum atomic E-state index is 12.0. The van der Waals surface area contributed by atoms with E-state index in [4.69, 9.17) is 10.5 Å². The molecule has 5 nitrogen and oxygen atoms in total. The van der Waals surface area contributed by atoms with Gasteiger partial charge in [0.1, 0.15) is 17.1 Å². The molecule has 0 bridgehead atoms. The smallest absolute Gasteiger partial charge is 0.361 e. The summed E-state index contributed by atoms with van der Waals surface area (Å²) in [6.07, 6.45) is 1.78. The van der Waals surface area contributed by atoms with Crippen LogP contribution < -0.4 is 5.73 Å². The van der Waals surface area contributed by atoms with E-state index in [1.165, 1.54) is 0 Å². The minimum Gasteiger partial charge on any atom is -0.455 e. The van der Waals surface area contributed by atoms with Gasteiger partial charge >= 0.3 is 5.97 Å². The summed E-state index contributed by atoms with van der Waals surface area (Å²) in [4.78, 5) is 16.2. The first-order valence-corrected chi connectivity index (χ1v) is 5.76. The summed E-state index contributed by atoms with van der Waals surface area (Å²) < 4.78 is 6.97. The molecule has 0 aromatic carbocycles. The minimum absolute atomic E-state index is 0.166. The highest BCUT2D eigenvalue weighted by Crippen LogP contribution is 2.20. The number of nitrogens with two attached hydrogens (primary N) is 1. The van der Waals surface area contributed by atoms with E-state index in [0.717, 1.165) is 5.56 Å². The number of carbonyl (C=O) groups is 1. The maximum Gasteiger partial charge on any atom is 0.361 e. The summed E-state index contributed by atoms with van der Waals surface area (Å²) in [5, 5.41) is 0.